The van der Waals surface area contributed by atoms with Crippen molar-refractivity contribution >= 4 is 23.1 Å². The molecule has 0 aromatic carbocycles. The van der Waals surface area contributed by atoms with Crippen molar-refractivity contribution in [2.24, 2.45) is 5.92 Å². The molecule has 2 aliphatic rings. The number of imidazole rings is 1. The number of hydrogen-bond acceptors (Lipinski definition) is 9. The highest BCUT2D eigenvalue weighted by Crippen LogP contribution is 2.46. The number of pyridine rings is 1. The number of anilines is 2. The Bertz CT molecular complexity index is 1480. The fourth-order valence-electron chi connectivity index (χ4n) is 4.67. The molecule has 2 saturated carbocycles. The number of hydrogen-bond donors (Lipinski definition) is 3. The third-order valence-electron chi connectivity index (χ3n) is 6.95. The van der Waals surface area contributed by atoms with E-state index in [1.54, 1.807) is 12.3 Å². The molecule has 4 heterocycles. The lowest BCUT2D eigenvalue weighted by molar-refractivity contribution is -0.117. The highest BCUT2D eigenvalue weighted by molar-refractivity contribution is 5.94. The van der Waals surface area contributed by atoms with Gasteiger partial charge < -0.3 is 24.9 Å². The van der Waals surface area contributed by atoms with E-state index < -0.39 is 0 Å². The Morgan fingerprint density at radius 2 is 2.13 bits per heavy atom. The predicted molar refractivity (Wildman–Crippen MR) is 140 cm³/mol. The number of aromatic nitrogens is 6. The predicted octanol–water partition coefficient (Wildman–Crippen LogP) is 3.39. The lowest BCUT2D eigenvalue weighted by atomic mass is 10.2. The van der Waals surface area contributed by atoms with E-state index in [0.717, 1.165) is 22.7 Å². The Balaban J connectivity index is 1.14. The Labute approximate surface area is 219 Å². The van der Waals surface area contributed by atoms with E-state index in [4.69, 9.17) is 9.72 Å². The Hall–Kier alpha value is -4.12. The van der Waals surface area contributed by atoms with Gasteiger partial charge in [0.25, 0.3) is 0 Å². The van der Waals surface area contributed by atoms with Gasteiger partial charge >= 0.3 is 0 Å². The maximum Gasteiger partial charge on any atom is 0.229 e. The molecule has 1 unspecified atom stereocenters. The van der Waals surface area contributed by atoms with Crippen molar-refractivity contribution in [3.8, 4) is 5.75 Å². The molecule has 2 aliphatic carbocycles. The normalized spacial score (nSPS) is 19.2. The van der Waals surface area contributed by atoms with Gasteiger partial charge in [0.15, 0.2) is 11.5 Å². The maximum atomic E-state index is 12.8. The summed E-state index contributed by atoms with van der Waals surface area (Å²) in [6, 6.07) is 5.63. The number of aliphatic hydroxyl groups excluding tert-OH is 1. The minimum absolute atomic E-state index is 0.0227. The van der Waals surface area contributed by atoms with Gasteiger partial charge in [0.2, 0.25) is 5.91 Å². The molecule has 196 valence electrons. The van der Waals surface area contributed by atoms with Gasteiger partial charge in [-0.2, -0.15) is 5.10 Å². The molecule has 3 N–H and O–H groups in total. The molecule has 2 fully saturated rings. The van der Waals surface area contributed by atoms with Gasteiger partial charge in [-0.1, -0.05) is 0 Å². The number of nitrogens with one attached hydrogen (secondary N) is 2. The van der Waals surface area contributed by atoms with Crippen molar-refractivity contribution in [1.82, 2.24) is 29.5 Å². The maximum absolute atomic E-state index is 12.8. The minimum Gasteiger partial charge on any atom is -0.483 e. The van der Waals surface area contributed by atoms with Crippen LogP contribution in [0.25, 0.3) is 5.65 Å². The van der Waals surface area contributed by atoms with Gasteiger partial charge in [0.1, 0.15) is 17.7 Å². The molecule has 3 atom stereocenters. The van der Waals surface area contributed by atoms with Crippen LogP contribution >= 0.6 is 0 Å². The Morgan fingerprint density at radius 3 is 2.92 bits per heavy atom. The number of aryl methyl sites for hydroxylation is 1. The highest BCUT2D eigenvalue weighted by atomic mass is 16.5. The van der Waals surface area contributed by atoms with Crippen molar-refractivity contribution in [3.63, 3.8) is 0 Å². The van der Waals surface area contributed by atoms with Crippen LogP contribution in [0.2, 0.25) is 0 Å². The first-order chi connectivity index (χ1) is 18.5. The van der Waals surface area contributed by atoms with Crippen LogP contribution in [-0.4, -0.2) is 53.7 Å². The average molecular weight is 515 g/mol. The summed E-state index contributed by atoms with van der Waals surface area (Å²) in [6.45, 7) is 4.33. The van der Waals surface area contributed by atoms with E-state index in [0.29, 0.717) is 36.3 Å². The zero-order valence-electron chi connectivity index (χ0n) is 21.3. The van der Waals surface area contributed by atoms with E-state index >= 15 is 0 Å². The fraction of sp³-hybridized carbons (Fsp3) is 0.407. The number of fused-ring (bicyclic) bond motifs is 1. The Morgan fingerprint density at radius 1 is 1.26 bits per heavy atom. The molecule has 11 nitrogen and oxygen atoms in total. The van der Waals surface area contributed by atoms with Gasteiger partial charge in [-0.25, -0.2) is 15.0 Å². The smallest absolute Gasteiger partial charge is 0.229 e. The molecule has 4 aromatic heterocycles. The summed E-state index contributed by atoms with van der Waals surface area (Å²) in [5, 5.41) is 23.5. The van der Waals surface area contributed by atoms with Crippen LogP contribution in [0.15, 0.2) is 43.0 Å². The van der Waals surface area contributed by atoms with Gasteiger partial charge in [0, 0.05) is 48.7 Å². The van der Waals surface area contributed by atoms with Gasteiger partial charge in [-0.05, 0) is 56.7 Å². The van der Waals surface area contributed by atoms with E-state index in [-0.39, 0.29) is 30.5 Å². The standard InChI is InChI=1S/C27H30N8O3/c1-15-5-6-29-25(31-15)20-11-21(20)27(37)33-24-10-19(12-30-34-24)38-16(2)23-14-35-13-18(17-3-4-17)9-22(26(35)32-23)28-7-8-36/h5-6,9-10,12-14,16-17,20-21,28,36H,3-4,7-8,11H2,1-2H3,(H,33,34,37)/t16?,20-,21-/m0/s1. The van der Waals surface area contributed by atoms with Crippen LogP contribution in [0.4, 0.5) is 11.5 Å². The molecule has 0 saturated heterocycles. The summed E-state index contributed by atoms with van der Waals surface area (Å²) < 4.78 is 8.15. The first kappa shape index (κ1) is 24.2. The Kier molecular flexibility index (Phi) is 6.36. The van der Waals surface area contributed by atoms with Crippen molar-refractivity contribution in [3.05, 3.63) is 65.8 Å². The summed E-state index contributed by atoms with van der Waals surface area (Å²) in [7, 11) is 0. The van der Waals surface area contributed by atoms with Crippen LogP contribution in [0, 0.1) is 12.8 Å². The van der Waals surface area contributed by atoms with Crippen LogP contribution < -0.4 is 15.4 Å². The van der Waals surface area contributed by atoms with Crippen LogP contribution in [-0.2, 0) is 4.79 Å². The van der Waals surface area contributed by atoms with Crippen molar-refractivity contribution < 1.29 is 14.6 Å². The fourth-order valence-corrected chi connectivity index (χ4v) is 4.67. The zero-order chi connectivity index (χ0) is 26.2. The first-order valence-electron chi connectivity index (χ1n) is 13.0. The molecule has 0 spiro atoms. The van der Waals surface area contributed by atoms with Gasteiger partial charge in [-0.15, -0.1) is 5.10 Å². The van der Waals surface area contributed by atoms with Gasteiger partial charge in [-0.3, -0.25) is 4.79 Å². The molecule has 0 radical (unpaired) electrons. The number of aliphatic hydroxyl groups is 1. The average Bonchev–Trinajstić information content (AvgIpc) is 3.83. The molecule has 1 amide bonds. The van der Waals surface area contributed by atoms with Crippen LogP contribution in [0.1, 0.15) is 66.9 Å². The summed E-state index contributed by atoms with van der Waals surface area (Å²) in [5.74, 6) is 1.80. The van der Waals surface area contributed by atoms with Crippen molar-refractivity contribution in [2.75, 3.05) is 23.8 Å². The number of nitrogens with zero attached hydrogens (tertiary/aromatic N) is 6. The van der Waals surface area contributed by atoms with Crippen molar-refractivity contribution in [2.45, 2.75) is 51.0 Å². The van der Waals surface area contributed by atoms with Gasteiger partial charge in [0.05, 0.1) is 24.2 Å². The van der Waals surface area contributed by atoms with E-state index in [1.807, 2.05) is 30.5 Å². The zero-order valence-corrected chi connectivity index (χ0v) is 21.3. The second-order valence-electron chi connectivity index (χ2n) is 10.0. The van der Waals surface area contributed by atoms with Crippen LogP contribution in [0.3, 0.4) is 0 Å². The number of carbonyl (C=O) groups is 1. The number of rotatable bonds is 10. The lowest BCUT2D eigenvalue weighted by Crippen LogP contribution is -2.16. The molecule has 0 bridgehead atoms. The summed E-state index contributed by atoms with van der Waals surface area (Å²) in [4.78, 5) is 26.3. The number of amides is 1. The second kappa shape index (κ2) is 9.97. The molecule has 0 aliphatic heterocycles. The quantitative estimate of drug-likeness (QED) is 0.290. The molecule has 6 rings (SSSR count). The minimum atomic E-state index is -0.371. The first-order valence-corrected chi connectivity index (χ1v) is 13.0. The summed E-state index contributed by atoms with van der Waals surface area (Å²) in [5.41, 5.74) is 4.59. The monoisotopic (exact) mass is 514 g/mol. The third-order valence-corrected chi connectivity index (χ3v) is 6.95. The summed E-state index contributed by atoms with van der Waals surface area (Å²) in [6.07, 6.45) is 10.1. The second-order valence-corrected chi connectivity index (χ2v) is 10.0. The largest absolute Gasteiger partial charge is 0.483 e. The van der Waals surface area contributed by atoms with Crippen molar-refractivity contribution in [1.29, 1.82) is 0 Å². The third kappa shape index (κ3) is 5.14. The van der Waals surface area contributed by atoms with Crippen LogP contribution in [0.5, 0.6) is 5.75 Å². The topological polar surface area (TPSA) is 139 Å². The molecule has 11 heteroatoms. The number of ether oxygens (including phenoxy) is 1. The number of carbonyl (C=O) groups excluding carboxylic acids is 1. The van der Waals surface area contributed by atoms with E-state index in [2.05, 4.69) is 43.1 Å². The van der Waals surface area contributed by atoms with E-state index in [9.17, 15) is 9.90 Å². The summed E-state index contributed by atoms with van der Waals surface area (Å²) >= 11 is 0. The van der Waals surface area contributed by atoms with E-state index in [1.165, 1.54) is 24.6 Å². The molecule has 4 aromatic rings. The lowest BCUT2D eigenvalue weighted by Gasteiger charge is -2.12. The highest BCUT2D eigenvalue weighted by Gasteiger charge is 2.46. The molecule has 38 heavy (non-hydrogen) atoms. The molecular formula is C27H30N8O3. The molecular weight excluding hydrogens is 484 g/mol. The SMILES string of the molecule is Cc1ccnc([C@H]2C[C@@H]2C(=O)Nc2cc(OC(C)c3cn4cc(C5CC5)cc(NCCO)c4n3)cnn2)n1.